The molecule has 1 N–H and O–H groups in total. The lowest BCUT2D eigenvalue weighted by Gasteiger charge is -2.17. The van der Waals surface area contributed by atoms with Crippen LogP contribution in [0.1, 0.15) is 12.8 Å². The summed E-state index contributed by atoms with van der Waals surface area (Å²) in [4.78, 5) is 15.5. The van der Waals surface area contributed by atoms with Crippen molar-refractivity contribution in [2.75, 3.05) is 31.9 Å². The number of hydrogen-bond acceptors (Lipinski definition) is 3. The van der Waals surface area contributed by atoms with Crippen LogP contribution in [0.5, 0.6) is 0 Å². The molecule has 0 bridgehead atoms. The van der Waals surface area contributed by atoms with Crippen LogP contribution in [0.4, 0.5) is 0 Å². The van der Waals surface area contributed by atoms with Gasteiger partial charge in [0.05, 0.1) is 0 Å². The minimum absolute atomic E-state index is 0. The molecule has 0 unspecified atom stereocenters. The second-order valence-electron chi connectivity index (χ2n) is 5.88. The molecular weight excluding hydrogens is 339 g/mol. The maximum absolute atomic E-state index is 12.2. The van der Waals surface area contributed by atoms with Crippen LogP contribution >= 0.6 is 35.8 Å². The van der Waals surface area contributed by atoms with E-state index in [4.69, 9.17) is 11.6 Å². The van der Waals surface area contributed by atoms with Crippen molar-refractivity contribution in [3.8, 4) is 0 Å². The van der Waals surface area contributed by atoms with Crippen LogP contribution in [0.2, 0.25) is 5.02 Å². The fourth-order valence-corrected chi connectivity index (χ4v) is 4.14. The van der Waals surface area contributed by atoms with Crippen LogP contribution in [-0.4, -0.2) is 42.7 Å². The summed E-state index contributed by atoms with van der Waals surface area (Å²) in [5, 5.41) is 4.17. The molecule has 2 atom stereocenters. The highest BCUT2D eigenvalue weighted by Gasteiger charge is 2.37. The third-order valence-electron chi connectivity index (χ3n) is 4.36. The number of nitrogens with one attached hydrogen (secondary N) is 1. The van der Waals surface area contributed by atoms with E-state index in [0.717, 1.165) is 43.4 Å². The first-order valence-corrected chi connectivity index (χ1v) is 8.95. The molecule has 0 aromatic heterocycles. The van der Waals surface area contributed by atoms with Crippen LogP contribution in [-0.2, 0) is 4.79 Å². The molecule has 1 aromatic rings. The number of hydrogen-bond donors (Lipinski definition) is 1. The Labute approximate surface area is 147 Å². The minimum atomic E-state index is 0. The number of halogens is 2. The van der Waals surface area contributed by atoms with Gasteiger partial charge in [-0.05, 0) is 48.3 Å². The number of nitrogens with zero attached hydrogens (tertiary/aromatic N) is 1. The third kappa shape index (κ3) is 4.54. The van der Waals surface area contributed by atoms with E-state index < -0.39 is 0 Å². The van der Waals surface area contributed by atoms with Gasteiger partial charge in [-0.25, -0.2) is 0 Å². The molecule has 6 heteroatoms. The summed E-state index contributed by atoms with van der Waals surface area (Å²) in [5.74, 6) is 2.70. The van der Waals surface area contributed by atoms with Gasteiger partial charge in [-0.2, -0.15) is 0 Å². The van der Waals surface area contributed by atoms with Gasteiger partial charge in [0.25, 0.3) is 0 Å². The molecule has 3 nitrogen and oxygen atoms in total. The lowest BCUT2D eigenvalue weighted by atomic mass is 10.0. The third-order valence-corrected chi connectivity index (χ3v) is 5.71. The summed E-state index contributed by atoms with van der Waals surface area (Å²) in [6.07, 6.45) is 1.61. The minimum Gasteiger partial charge on any atom is -0.342 e. The Kier molecular flexibility index (Phi) is 6.87. The van der Waals surface area contributed by atoms with E-state index in [2.05, 4.69) is 10.2 Å². The first kappa shape index (κ1) is 17.9. The van der Waals surface area contributed by atoms with Crippen molar-refractivity contribution in [2.45, 2.75) is 17.7 Å². The van der Waals surface area contributed by atoms with E-state index >= 15 is 0 Å². The zero-order valence-corrected chi connectivity index (χ0v) is 14.9. The topological polar surface area (TPSA) is 32.3 Å². The van der Waals surface area contributed by atoms with E-state index in [-0.39, 0.29) is 12.4 Å². The number of thioether (sulfide) groups is 1. The Morgan fingerprint density at radius 3 is 2.50 bits per heavy atom. The van der Waals surface area contributed by atoms with E-state index in [9.17, 15) is 4.79 Å². The molecule has 2 aliphatic heterocycles. The van der Waals surface area contributed by atoms with Crippen molar-refractivity contribution in [3.05, 3.63) is 29.3 Å². The van der Waals surface area contributed by atoms with E-state index in [1.54, 1.807) is 11.8 Å². The van der Waals surface area contributed by atoms with Crippen molar-refractivity contribution in [3.63, 3.8) is 0 Å². The molecule has 122 valence electrons. The van der Waals surface area contributed by atoms with Gasteiger partial charge in [-0.3, -0.25) is 4.79 Å². The van der Waals surface area contributed by atoms with Crippen LogP contribution < -0.4 is 5.32 Å². The number of carbonyl (C=O) groups excluding carboxylic acids is 1. The molecule has 3 rings (SSSR count). The average molecular weight is 361 g/mol. The van der Waals surface area contributed by atoms with Crippen molar-refractivity contribution < 1.29 is 4.79 Å². The van der Waals surface area contributed by atoms with Crippen molar-refractivity contribution >= 4 is 41.7 Å². The molecule has 2 fully saturated rings. The summed E-state index contributed by atoms with van der Waals surface area (Å²) < 4.78 is 0. The SMILES string of the molecule is Cl.O=C(CCCSc1ccc(Cl)cc1)N1C[C@H]2CNC[C@H]2C1. The maximum atomic E-state index is 12.2. The normalized spacial score (nSPS) is 23.2. The first-order chi connectivity index (χ1) is 10.2. The predicted molar refractivity (Wildman–Crippen MR) is 95.1 cm³/mol. The maximum Gasteiger partial charge on any atom is 0.222 e. The average Bonchev–Trinajstić information content (AvgIpc) is 3.06. The van der Waals surface area contributed by atoms with Gasteiger partial charge in [0.15, 0.2) is 0 Å². The lowest BCUT2D eigenvalue weighted by molar-refractivity contribution is -0.130. The molecule has 1 aromatic carbocycles. The summed E-state index contributed by atoms with van der Waals surface area (Å²) in [6, 6.07) is 7.88. The summed E-state index contributed by atoms with van der Waals surface area (Å²) in [6.45, 7) is 4.09. The second-order valence-corrected chi connectivity index (χ2v) is 7.49. The Morgan fingerprint density at radius 2 is 1.86 bits per heavy atom. The molecular formula is C16H22Cl2N2OS. The Morgan fingerprint density at radius 1 is 1.23 bits per heavy atom. The molecule has 22 heavy (non-hydrogen) atoms. The lowest BCUT2D eigenvalue weighted by Crippen LogP contribution is -2.31. The summed E-state index contributed by atoms with van der Waals surface area (Å²) in [7, 11) is 0. The summed E-state index contributed by atoms with van der Waals surface area (Å²) >= 11 is 7.65. The number of amides is 1. The molecule has 2 saturated heterocycles. The molecule has 2 heterocycles. The van der Waals surface area contributed by atoms with Crippen LogP contribution in [0.25, 0.3) is 0 Å². The van der Waals surface area contributed by atoms with Gasteiger partial charge in [0.1, 0.15) is 0 Å². The second kappa shape index (κ2) is 8.44. The summed E-state index contributed by atoms with van der Waals surface area (Å²) in [5.41, 5.74) is 0. The van der Waals surface area contributed by atoms with E-state index in [1.165, 1.54) is 4.90 Å². The van der Waals surface area contributed by atoms with Gasteiger partial charge in [-0.1, -0.05) is 11.6 Å². The standard InChI is InChI=1S/C16H21ClN2OS.ClH/c17-14-3-5-15(6-4-14)21-7-1-2-16(20)19-10-12-8-18-9-13(12)11-19;/h3-6,12-13,18H,1-2,7-11H2;1H/t12-,13+;. The highest BCUT2D eigenvalue weighted by molar-refractivity contribution is 7.99. The van der Waals surface area contributed by atoms with Gasteiger partial charge in [0.2, 0.25) is 5.91 Å². The molecule has 0 radical (unpaired) electrons. The highest BCUT2D eigenvalue weighted by atomic mass is 35.5. The molecule has 0 aliphatic carbocycles. The van der Waals surface area contributed by atoms with Crippen molar-refractivity contribution in [1.29, 1.82) is 0 Å². The zero-order valence-electron chi connectivity index (χ0n) is 12.5. The fraction of sp³-hybridized carbons (Fsp3) is 0.562. The van der Waals surface area contributed by atoms with Crippen molar-refractivity contribution in [1.82, 2.24) is 10.2 Å². The molecule has 1 amide bonds. The smallest absolute Gasteiger partial charge is 0.222 e. The van der Waals surface area contributed by atoms with Crippen molar-refractivity contribution in [2.24, 2.45) is 11.8 Å². The van der Waals surface area contributed by atoms with Crippen LogP contribution in [0.3, 0.4) is 0 Å². The zero-order chi connectivity index (χ0) is 14.7. The fourth-order valence-electron chi connectivity index (χ4n) is 3.16. The first-order valence-electron chi connectivity index (χ1n) is 7.59. The Hall–Kier alpha value is -0.420. The number of carbonyl (C=O) groups is 1. The number of fused-ring (bicyclic) bond motifs is 1. The predicted octanol–water partition coefficient (Wildman–Crippen LogP) is 3.31. The molecule has 2 aliphatic rings. The molecule has 0 saturated carbocycles. The number of rotatable bonds is 5. The largest absolute Gasteiger partial charge is 0.342 e. The number of likely N-dealkylation sites (tertiary alicyclic amines) is 1. The van der Waals surface area contributed by atoms with Crippen LogP contribution in [0, 0.1) is 11.8 Å². The van der Waals surface area contributed by atoms with E-state index in [1.807, 2.05) is 24.3 Å². The monoisotopic (exact) mass is 360 g/mol. The Bertz CT molecular complexity index is 485. The van der Waals surface area contributed by atoms with Gasteiger partial charge in [0, 0.05) is 42.5 Å². The van der Waals surface area contributed by atoms with E-state index in [0.29, 0.717) is 24.2 Å². The van der Waals surface area contributed by atoms with Crippen LogP contribution in [0.15, 0.2) is 29.2 Å². The quantitative estimate of drug-likeness (QED) is 0.645. The Balaban J connectivity index is 0.00000176. The highest BCUT2D eigenvalue weighted by Crippen LogP contribution is 2.27. The number of benzene rings is 1. The molecule has 0 spiro atoms. The van der Waals surface area contributed by atoms with Gasteiger partial charge < -0.3 is 10.2 Å². The van der Waals surface area contributed by atoms with Gasteiger partial charge in [-0.15, -0.1) is 24.2 Å². The van der Waals surface area contributed by atoms with Gasteiger partial charge >= 0.3 is 0 Å².